The molecule has 4 aliphatic rings. The van der Waals surface area contributed by atoms with Gasteiger partial charge in [0.1, 0.15) is 5.78 Å². The Morgan fingerprint density at radius 1 is 1.22 bits per heavy atom. The van der Waals surface area contributed by atoms with Crippen LogP contribution in [0.5, 0.6) is 0 Å². The van der Waals surface area contributed by atoms with E-state index in [1.165, 1.54) is 0 Å². The van der Waals surface area contributed by atoms with Gasteiger partial charge >= 0.3 is 0 Å². The minimum Gasteiger partial charge on any atom is -0.300 e. The summed E-state index contributed by atoms with van der Waals surface area (Å²) in [4.78, 5) is 36.9. The van der Waals surface area contributed by atoms with Crippen molar-refractivity contribution in [3.63, 3.8) is 0 Å². The second-order valence-corrected chi connectivity index (χ2v) is 10.5. The Balaban J connectivity index is 1.89. The van der Waals surface area contributed by atoms with Gasteiger partial charge in [-0.2, -0.15) is 0 Å². The van der Waals surface area contributed by atoms with Crippen LogP contribution in [-0.2, 0) is 14.4 Å². The summed E-state index contributed by atoms with van der Waals surface area (Å²) < 4.78 is 0. The van der Waals surface area contributed by atoms with Gasteiger partial charge < -0.3 is 0 Å². The minimum absolute atomic E-state index is 0.00864. The fourth-order valence-electron chi connectivity index (χ4n) is 6.73. The smallest absolute Gasteiger partial charge is 0.166 e. The molecule has 146 valence electrons. The molecular formula is C22H26Cl2O3. The highest BCUT2D eigenvalue weighted by molar-refractivity contribution is 6.36. The van der Waals surface area contributed by atoms with E-state index >= 15 is 0 Å². The number of carbonyl (C=O) groups is 3. The molecule has 0 amide bonds. The lowest BCUT2D eigenvalue weighted by Crippen LogP contribution is -2.67. The molecule has 0 N–H and O–H groups in total. The van der Waals surface area contributed by atoms with E-state index in [9.17, 15) is 14.4 Å². The van der Waals surface area contributed by atoms with Crippen molar-refractivity contribution in [3.8, 4) is 0 Å². The van der Waals surface area contributed by atoms with Crippen LogP contribution in [0.1, 0.15) is 47.0 Å². The highest BCUT2D eigenvalue weighted by Gasteiger charge is 2.71. The molecule has 3 nitrogen and oxygen atoms in total. The molecule has 8 atom stereocenters. The molecule has 0 spiro atoms. The normalized spacial score (nSPS) is 51.3. The van der Waals surface area contributed by atoms with Gasteiger partial charge in [0, 0.05) is 11.8 Å². The van der Waals surface area contributed by atoms with Gasteiger partial charge in [-0.3, -0.25) is 14.4 Å². The molecule has 27 heavy (non-hydrogen) atoms. The molecule has 2 unspecified atom stereocenters. The summed E-state index contributed by atoms with van der Waals surface area (Å²) in [7, 11) is 0. The summed E-state index contributed by atoms with van der Waals surface area (Å²) in [5, 5.41) is -0.465. The fourth-order valence-corrected chi connectivity index (χ4v) is 7.93. The van der Waals surface area contributed by atoms with Gasteiger partial charge in [-0.05, 0) is 63.0 Å². The van der Waals surface area contributed by atoms with Crippen molar-refractivity contribution in [1.82, 2.24) is 0 Å². The third-order valence-electron chi connectivity index (χ3n) is 8.33. The highest BCUT2D eigenvalue weighted by Crippen LogP contribution is 2.69. The van der Waals surface area contributed by atoms with E-state index in [1.54, 1.807) is 19.9 Å². The number of carbonyl (C=O) groups excluding carboxylic acids is 3. The van der Waals surface area contributed by atoms with E-state index in [-0.39, 0.29) is 40.5 Å². The van der Waals surface area contributed by atoms with Gasteiger partial charge in [-0.25, -0.2) is 0 Å². The Bertz CT molecular complexity index is 814. The number of alkyl halides is 2. The first-order valence-corrected chi connectivity index (χ1v) is 10.6. The van der Waals surface area contributed by atoms with Crippen molar-refractivity contribution in [2.24, 2.45) is 34.5 Å². The standard InChI is InChI=1S/C22H26Cl2O3/c1-11-17(26)9-13-5-6-16-15-8-7-14(12(2)25)20(15,3)10-18(23)22(16,24)21(13,4)19(11)27/h5-6,9,11,14-16,18H,7-8,10H2,1-4H3/t11?,14-,15+,16+,18?,20-,21-,22+/m1/s1. The lowest BCUT2D eigenvalue weighted by molar-refractivity contribution is -0.141. The third-order valence-corrected chi connectivity index (χ3v) is 9.83. The maximum atomic E-state index is 13.3. The molecule has 0 bridgehead atoms. The molecule has 2 saturated carbocycles. The van der Waals surface area contributed by atoms with Gasteiger partial charge in [-0.1, -0.05) is 19.1 Å². The molecule has 0 aliphatic heterocycles. The van der Waals surface area contributed by atoms with Gasteiger partial charge in [0.25, 0.3) is 0 Å². The van der Waals surface area contributed by atoms with Gasteiger partial charge in [0.05, 0.1) is 21.6 Å². The molecule has 2 fully saturated rings. The van der Waals surface area contributed by atoms with Crippen LogP contribution in [0.15, 0.2) is 23.8 Å². The fraction of sp³-hybridized carbons (Fsp3) is 0.682. The first-order valence-electron chi connectivity index (χ1n) is 9.81. The van der Waals surface area contributed by atoms with E-state index in [0.29, 0.717) is 12.0 Å². The highest BCUT2D eigenvalue weighted by atomic mass is 35.5. The number of halogens is 2. The molecule has 0 saturated heterocycles. The molecular weight excluding hydrogens is 383 g/mol. The molecule has 0 radical (unpaired) electrons. The number of hydrogen-bond donors (Lipinski definition) is 0. The second kappa shape index (κ2) is 5.79. The second-order valence-electron chi connectivity index (χ2n) is 9.39. The zero-order valence-electron chi connectivity index (χ0n) is 16.2. The molecule has 4 rings (SSSR count). The molecule has 5 heteroatoms. The van der Waals surface area contributed by atoms with E-state index in [0.717, 1.165) is 12.8 Å². The van der Waals surface area contributed by atoms with Crippen LogP contribution < -0.4 is 0 Å². The summed E-state index contributed by atoms with van der Waals surface area (Å²) in [5.74, 6) is -0.696. The maximum absolute atomic E-state index is 13.3. The van der Waals surface area contributed by atoms with Gasteiger partial charge in [0.2, 0.25) is 0 Å². The van der Waals surface area contributed by atoms with Crippen molar-refractivity contribution in [3.05, 3.63) is 23.8 Å². The zero-order valence-corrected chi connectivity index (χ0v) is 17.7. The van der Waals surface area contributed by atoms with Crippen LogP contribution in [0.25, 0.3) is 0 Å². The topological polar surface area (TPSA) is 51.2 Å². The molecule has 0 aromatic carbocycles. The van der Waals surface area contributed by atoms with Gasteiger partial charge in [-0.15, -0.1) is 23.2 Å². The van der Waals surface area contributed by atoms with E-state index in [4.69, 9.17) is 23.2 Å². The minimum atomic E-state index is -0.997. The number of ketones is 3. The summed E-state index contributed by atoms with van der Waals surface area (Å²) in [6.45, 7) is 7.36. The Hall–Kier alpha value is -0.930. The predicted molar refractivity (Wildman–Crippen MR) is 106 cm³/mol. The third kappa shape index (κ3) is 2.13. The number of rotatable bonds is 1. The van der Waals surface area contributed by atoms with E-state index in [1.807, 2.05) is 13.0 Å². The van der Waals surface area contributed by atoms with Crippen molar-refractivity contribution >= 4 is 40.6 Å². The van der Waals surface area contributed by atoms with Crippen LogP contribution in [0.2, 0.25) is 0 Å². The van der Waals surface area contributed by atoms with Crippen LogP contribution >= 0.6 is 23.2 Å². The summed E-state index contributed by atoms with van der Waals surface area (Å²) in [6, 6.07) is 0. The first-order chi connectivity index (χ1) is 12.5. The summed E-state index contributed by atoms with van der Waals surface area (Å²) in [6.07, 6.45) is 7.90. The zero-order chi connectivity index (χ0) is 19.9. The monoisotopic (exact) mass is 408 g/mol. The molecule has 0 aromatic heterocycles. The maximum Gasteiger partial charge on any atom is 0.166 e. The lowest BCUT2D eigenvalue weighted by atomic mass is 9.47. The van der Waals surface area contributed by atoms with Crippen LogP contribution in [0, 0.1) is 34.5 Å². The molecule has 0 heterocycles. The van der Waals surface area contributed by atoms with Crippen molar-refractivity contribution in [2.45, 2.75) is 57.2 Å². The SMILES string of the molecule is CC(=O)[C@H]1CC[C@H]2[C@@H]3C=CC4=CC(=O)C(C)C(=O)[C@]4(C)[C@@]3(Cl)C(Cl)C[C@]12C. The number of Topliss-reactive ketones (excluding diaryl/α,β-unsaturated/α-hetero) is 2. The number of hydrogen-bond acceptors (Lipinski definition) is 3. The predicted octanol–water partition coefficient (Wildman–Crippen LogP) is 4.50. The molecule has 4 aliphatic carbocycles. The first kappa shape index (κ1) is 19.4. The number of allylic oxidation sites excluding steroid dienone is 4. The Morgan fingerprint density at radius 3 is 2.52 bits per heavy atom. The van der Waals surface area contributed by atoms with Crippen LogP contribution in [0.4, 0.5) is 0 Å². The Labute approximate surface area is 170 Å². The van der Waals surface area contributed by atoms with Crippen LogP contribution in [-0.4, -0.2) is 27.6 Å². The number of fused-ring (bicyclic) bond motifs is 5. The van der Waals surface area contributed by atoms with Crippen molar-refractivity contribution < 1.29 is 14.4 Å². The summed E-state index contributed by atoms with van der Waals surface area (Å²) in [5.41, 5.74) is -0.525. The van der Waals surface area contributed by atoms with E-state index < -0.39 is 21.6 Å². The molecule has 0 aromatic rings. The largest absolute Gasteiger partial charge is 0.300 e. The summed E-state index contributed by atoms with van der Waals surface area (Å²) >= 11 is 14.3. The van der Waals surface area contributed by atoms with Crippen molar-refractivity contribution in [1.29, 1.82) is 0 Å². The van der Waals surface area contributed by atoms with Gasteiger partial charge in [0.15, 0.2) is 11.6 Å². The van der Waals surface area contributed by atoms with E-state index in [2.05, 4.69) is 13.0 Å². The quantitative estimate of drug-likeness (QED) is 0.473. The Kier molecular flexibility index (Phi) is 4.16. The van der Waals surface area contributed by atoms with Crippen LogP contribution in [0.3, 0.4) is 0 Å². The van der Waals surface area contributed by atoms with Crippen molar-refractivity contribution in [2.75, 3.05) is 0 Å². The lowest BCUT2D eigenvalue weighted by Gasteiger charge is -2.61. The average Bonchev–Trinajstić information content (AvgIpc) is 2.93. The Morgan fingerprint density at radius 2 is 1.89 bits per heavy atom. The average molecular weight is 409 g/mol.